The van der Waals surface area contributed by atoms with Gasteiger partial charge in [-0.05, 0) is 54.8 Å². The summed E-state index contributed by atoms with van der Waals surface area (Å²) in [5, 5.41) is 6.32. The van der Waals surface area contributed by atoms with Gasteiger partial charge in [-0.2, -0.15) is 0 Å². The van der Waals surface area contributed by atoms with Crippen molar-refractivity contribution in [3.8, 4) is 17.0 Å². The summed E-state index contributed by atoms with van der Waals surface area (Å²) in [4.78, 5) is 20.2. The number of amides is 1. The second-order valence-corrected chi connectivity index (χ2v) is 7.16. The fourth-order valence-corrected chi connectivity index (χ4v) is 3.78. The van der Waals surface area contributed by atoms with Crippen LogP contribution < -0.4 is 15.4 Å². The molecule has 0 saturated carbocycles. The number of carbonyl (C=O) groups is 1. The molecule has 4 heterocycles. The Morgan fingerprint density at radius 2 is 2.07 bits per heavy atom. The molecule has 1 aromatic carbocycles. The van der Waals surface area contributed by atoms with E-state index in [-0.39, 0.29) is 5.91 Å². The van der Waals surface area contributed by atoms with Crippen molar-refractivity contribution in [3.05, 3.63) is 59.0 Å². The van der Waals surface area contributed by atoms with Crippen LogP contribution in [0.2, 0.25) is 0 Å². The van der Waals surface area contributed by atoms with E-state index < -0.39 is 0 Å². The monoisotopic (exact) mass is 372 g/mol. The number of aromatic nitrogens is 2. The first-order valence-corrected chi connectivity index (χ1v) is 9.29. The summed E-state index contributed by atoms with van der Waals surface area (Å²) in [7, 11) is 0. The number of aryl methyl sites for hydroxylation is 1. The van der Waals surface area contributed by atoms with Gasteiger partial charge >= 0.3 is 0 Å². The largest absolute Gasteiger partial charge is 0.474 e. The molecular weight excluding hydrogens is 352 g/mol. The summed E-state index contributed by atoms with van der Waals surface area (Å²) in [5.74, 6) is 0.558. The van der Waals surface area contributed by atoms with Crippen molar-refractivity contribution in [2.45, 2.75) is 13.8 Å². The van der Waals surface area contributed by atoms with Crippen LogP contribution in [-0.4, -0.2) is 29.0 Å². The Balaban J connectivity index is 1.60. The SMILES string of the molecule is Cc1c[nH]c(/C=C2\C(=O)Nc3ccc(-c4cnc5c(c4C)NCCO5)cc32)c1. The zero-order chi connectivity index (χ0) is 19.3. The number of rotatable bonds is 2. The number of carbonyl (C=O) groups excluding carboxylic acids is 1. The molecule has 140 valence electrons. The molecule has 3 aromatic rings. The van der Waals surface area contributed by atoms with Gasteiger partial charge in [0.05, 0.1) is 5.57 Å². The van der Waals surface area contributed by atoms with Crippen LogP contribution >= 0.6 is 0 Å². The Kier molecular flexibility index (Phi) is 3.72. The number of hydrogen-bond acceptors (Lipinski definition) is 4. The normalized spacial score (nSPS) is 16.2. The van der Waals surface area contributed by atoms with Crippen LogP contribution in [0.4, 0.5) is 11.4 Å². The summed E-state index contributed by atoms with van der Waals surface area (Å²) in [6.07, 6.45) is 5.66. The zero-order valence-electron chi connectivity index (χ0n) is 15.7. The lowest BCUT2D eigenvalue weighted by Gasteiger charge is -2.21. The minimum absolute atomic E-state index is 0.0882. The van der Waals surface area contributed by atoms with E-state index in [9.17, 15) is 4.79 Å². The van der Waals surface area contributed by atoms with Crippen molar-refractivity contribution < 1.29 is 9.53 Å². The molecule has 0 spiro atoms. The number of benzene rings is 1. The van der Waals surface area contributed by atoms with E-state index in [1.807, 2.05) is 43.6 Å². The smallest absolute Gasteiger partial charge is 0.256 e. The predicted octanol–water partition coefficient (Wildman–Crippen LogP) is 3.99. The van der Waals surface area contributed by atoms with Gasteiger partial charge in [0.25, 0.3) is 5.91 Å². The summed E-state index contributed by atoms with van der Waals surface area (Å²) in [6, 6.07) is 8.04. The molecule has 2 aromatic heterocycles. The molecule has 0 fully saturated rings. The number of fused-ring (bicyclic) bond motifs is 2. The molecule has 2 aliphatic heterocycles. The molecule has 0 radical (unpaired) electrons. The van der Waals surface area contributed by atoms with E-state index in [0.29, 0.717) is 18.1 Å². The minimum Gasteiger partial charge on any atom is -0.474 e. The molecule has 28 heavy (non-hydrogen) atoms. The zero-order valence-corrected chi connectivity index (χ0v) is 15.7. The lowest BCUT2D eigenvalue weighted by molar-refractivity contribution is -0.110. The van der Waals surface area contributed by atoms with Crippen LogP contribution in [-0.2, 0) is 4.79 Å². The third-order valence-corrected chi connectivity index (χ3v) is 5.21. The molecule has 6 nitrogen and oxygen atoms in total. The summed E-state index contributed by atoms with van der Waals surface area (Å²) in [6.45, 7) is 5.47. The van der Waals surface area contributed by atoms with E-state index in [1.165, 1.54) is 0 Å². The van der Waals surface area contributed by atoms with Crippen molar-refractivity contribution in [2.24, 2.45) is 0 Å². The molecule has 5 rings (SSSR count). The Hall–Kier alpha value is -3.54. The number of pyridine rings is 1. The van der Waals surface area contributed by atoms with Crippen LogP contribution in [0.5, 0.6) is 5.88 Å². The molecular formula is C22H20N4O2. The Bertz CT molecular complexity index is 1140. The summed E-state index contributed by atoms with van der Waals surface area (Å²) >= 11 is 0. The van der Waals surface area contributed by atoms with E-state index >= 15 is 0 Å². The van der Waals surface area contributed by atoms with E-state index in [1.54, 1.807) is 0 Å². The maximum Gasteiger partial charge on any atom is 0.256 e. The Labute approximate surface area is 162 Å². The van der Waals surface area contributed by atoms with Gasteiger partial charge in [-0.25, -0.2) is 4.98 Å². The topological polar surface area (TPSA) is 79.0 Å². The van der Waals surface area contributed by atoms with E-state index in [2.05, 4.69) is 33.6 Å². The minimum atomic E-state index is -0.0882. The first-order valence-electron chi connectivity index (χ1n) is 9.29. The van der Waals surface area contributed by atoms with E-state index in [0.717, 1.165) is 51.4 Å². The van der Waals surface area contributed by atoms with Crippen molar-refractivity contribution in [2.75, 3.05) is 23.8 Å². The number of anilines is 2. The van der Waals surface area contributed by atoms with Gasteiger partial charge in [0.1, 0.15) is 12.3 Å². The molecule has 0 atom stereocenters. The molecule has 6 heteroatoms. The number of ether oxygens (including phenoxy) is 1. The number of nitrogens with one attached hydrogen (secondary N) is 3. The average Bonchev–Trinajstić information content (AvgIpc) is 3.25. The lowest BCUT2D eigenvalue weighted by Crippen LogP contribution is -2.20. The van der Waals surface area contributed by atoms with Gasteiger partial charge in [0, 0.05) is 41.4 Å². The van der Waals surface area contributed by atoms with Crippen LogP contribution in [0, 0.1) is 13.8 Å². The summed E-state index contributed by atoms with van der Waals surface area (Å²) in [5.41, 5.74) is 8.49. The van der Waals surface area contributed by atoms with Gasteiger partial charge < -0.3 is 20.4 Å². The van der Waals surface area contributed by atoms with Gasteiger partial charge in [-0.1, -0.05) is 6.07 Å². The first-order chi connectivity index (χ1) is 13.6. The van der Waals surface area contributed by atoms with Crippen LogP contribution in [0.1, 0.15) is 22.4 Å². The van der Waals surface area contributed by atoms with Gasteiger partial charge in [0.15, 0.2) is 0 Å². The van der Waals surface area contributed by atoms with Crippen LogP contribution in [0.25, 0.3) is 22.8 Å². The summed E-state index contributed by atoms with van der Waals surface area (Å²) < 4.78 is 5.63. The third kappa shape index (κ3) is 2.65. The molecule has 0 aliphatic carbocycles. The van der Waals surface area contributed by atoms with Crippen LogP contribution in [0.15, 0.2) is 36.7 Å². The molecule has 3 N–H and O–H groups in total. The predicted molar refractivity (Wildman–Crippen MR) is 110 cm³/mol. The van der Waals surface area contributed by atoms with Gasteiger partial charge in [-0.15, -0.1) is 0 Å². The number of hydrogen-bond donors (Lipinski definition) is 3. The highest BCUT2D eigenvalue weighted by Crippen LogP contribution is 2.39. The van der Waals surface area contributed by atoms with Crippen molar-refractivity contribution >= 4 is 28.9 Å². The molecule has 0 unspecified atom stereocenters. The Morgan fingerprint density at radius 1 is 1.18 bits per heavy atom. The third-order valence-electron chi connectivity index (χ3n) is 5.21. The average molecular weight is 372 g/mol. The number of nitrogens with zero attached hydrogens (tertiary/aromatic N) is 1. The molecule has 0 bridgehead atoms. The number of H-pyrrole nitrogens is 1. The Morgan fingerprint density at radius 3 is 2.89 bits per heavy atom. The van der Waals surface area contributed by atoms with Crippen molar-refractivity contribution in [3.63, 3.8) is 0 Å². The van der Waals surface area contributed by atoms with E-state index in [4.69, 9.17) is 4.74 Å². The first kappa shape index (κ1) is 16.6. The maximum absolute atomic E-state index is 12.5. The molecule has 1 amide bonds. The van der Waals surface area contributed by atoms with Crippen molar-refractivity contribution in [1.82, 2.24) is 9.97 Å². The highest BCUT2D eigenvalue weighted by Gasteiger charge is 2.25. The van der Waals surface area contributed by atoms with Gasteiger partial charge in [-0.3, -0.25) is 4.79 Å². The quantitative estimate of drug-likeness (QED) is 0.594. The molecule has 0 saturated heterocycles. The van der Waals surface area contributed by atoms with Crippen molar-refractivity contribution in [1.29, 1.82) is 0 Å². The standard InChI is InChI=1S/C22H20N4O2/c1-12-7-15(24-10-12)9-17-16-8-14(3-4-19(16)26-21(17)27)18-11-25-22-20(13(18)2)23-5-6-28-22/h3-4,7-11,23-24H,5-6H2,1-2H3,(H,26,27)/b17-9-. The fourth-order valence-electron chi connectivity index (χ4n) is 3.78. The van der Waals surface area contributed by atoms with Crippen LogP contribution in [0.3, 0.4) is 0 Å². The second-order valence-electron chi connectivity index (χ2n) is 7.16. The molecule has 2 aliphatic rings. The highest BCUT2D eigenvalue weighted by atomic mass is 16.5. The van der Waals surface area contributed by atoms with Gasteiger partial charge in [0.2, 0.25) is 5.88 Å². The highest BCUT2D eigenvalue weighted by molar-refractivity contribution is 6.35. The number of aromatic amines is 1. The lowest BCUT2D eigenvalue weighted by atomic mass is 9.96. The second kappa shape index (κ2) is 6.27. The fraction of sp³-hybridized carbons (Fsp3) is 0.182. The maximum atomic E-state index is 12.5.